The standard InChI is InChI=1S/C38H44O9/c1-20(2)10-9-14-36(8)28(40)18-25-30(41)29-31(42)26-16-23-17-27-35(6,7)47-37(34(23)43,15-13-22(5)44-19-39)38(26,27)46-33(29)24(32(25)45-36)12-11-21(3)4/h10-11,13,16,19,23,27,41H,9,12,14-15,17-18H2,1-8H3/t23?,27?,36-,37?,38-/m1/s1. The molecule has 1 N–H and O–H groups in total. The zero-order chi connectivity index (χ0) is 34.3. The molecule has 2 fully saturated rings. The van der Waals surface area contributed by atoms with E-state index in [9.17, 15) is 24.3 Å². The van der Waals surface area contributed by atoms with Crippen molar-refractivity contribution in [2.75, 3.05) is 0 Å². The van der Waals surface area contributed by atoms with Crippen LogP contribution in [0.3, 0.4) is 0 Å². The summed E-state index contributed by atoms with van der Waals surface area (Å²) >= 11 is 0. The molecule has 9 nitrogen and oxygen atoms in total. The lowest BCUT2D eigenvalue weighted by Gasteiger charge is -2.56. The molecule has 3 heterocycles. The first-order valence-electron chi connectivity index (χ1n) is 16.4. The van der Waals surface area contributed by atoms with E-state index in [2.05, 4.69) is 6.08 Å². The van der Waals surface area contributed by atoms with Crippen LogP contribution in [0.1, 0.15) is 103 Å². The Balaban J connectivity index is 1.59. The summed E-state index contributed by atoms with van der Waals surface area (Å²) in [5.41, 5.74) is -1.91. The number of fused-ring (bicyclic) bond motifs is 2. The number of rotatable bonds is 9. The molecule has 3 aliphatic carbocycles. The maximum absolute atomic E-state index is 14.8. The van der Waals surface area contributed by atoms with E-state index in [1.807, 2.05) is 47.6 Å². The van der Waals surface area contributed by atoms with Crippen molar-refractivity contribution in [3.8, 4) is 17.2 Å². The number of aromatic hydroxyl groups is 1. The number of ether oxygens (including phenoxy) is 4. The number of hydrogen-bond acceptors (Lipinski definition) is 9. The van der Waals surface area contributed by atoms with E-state index in [1.54, 1.807) is 26.0 Å². The highest BCUT2D eigenvalue weighted by atomic mass is 16.6. The summed E-state index contributed by atoms with van der Waals surface area (Å²) in [6.07, 6.45) is 9.08. The molecule has 0 aromatic heterocycles. The van der Waals surface area contributed by atoms with Gasteiger partial charge in [-0.25, -0.2) is 0 Å². The van der Waals surface area contributed by atoms with E-state index in [0.29, 0.717) is 49.2 Å². The van der Waals surface area contributed by atoms with Crippen molar-refractivity contribution < 1.29 is 43.2 Å². The second-order valence-electron chi connectivity index (χ2n) is 14.8. The Labute approximate surface area is 275 Å². The topological polar surface area (TPSA) is 125 Å². The first-order valence-corrected chi connectivity index (χ1v) is 16.4. The number of carbonyl (C=O) groups excluding carboxylic acids is 4. The summed E-state index contributed by atoms with van der Waals surface area (Å²) in [6, 6.07) is 0. The minimum absolute atomic E-state index is 0.00948. The van der Waals surface area contributed by atoms with Crippen LogP contribution < -0.4 is 9.47 Å². The van der Waals surface area contributed by atoms with Crippen LogP contribution in [0, 0.1) is 11.8 Å². The number of carbonyl (C=O) groups is 4. The fraction of sp³-hybridized carbons (Fsp3) is 0.526. The van der Waals surface area contributed by atoms with Crippen molar-refractivity contribution in [2.24, 2.45) is 11.8 Å². The third-order valence-electron chi connectivity index (χ3n) is 10.7. The van der Waals surface area contributed by atoms with Gasteiger partial charge >= 0.3 is 0 Å². The van der Waals surface area contributed by atoms with Crippen LogP contribution in [-0.2, 0) is 36.7 Å². The molecule has 4 bridgehead atoms. The molecule has 3 aliphatic heterocycles. The minimum atomic E-state index is -1.59. The number of hydrogen-bond donors (Lipinski definition) is 1. The van der Waals surface area contributed by atoms with E-state index in [-0.39, 0.29) is 58.5 Å². The van der Waals surface area contributed by atoms with Crippen LogP contribution in [0.2, 0.25) is 0 Å². The molecule has 6 aliphatic rings. The third kappa shape index (κ3) is 4.67. The predicted molar refractivity (Wildman–Crippen MR) is 173 cm³/mol. The third-order valence-corrected chi connectivity index (χ3v) is 10.7. The quantitative estimate of drug-likeness (QED) is 0.185. The van der Waals surface area contributed by atoms with E-state index in [4.69, 9.17) is 18.9 Å². The van der Waals surface area contributed by atoms with Crippen LogP contribution >= 0.6 is 0 Å². The van der Waals surface area contributed by atoms with Crippen molar-refractivity contribution in [1.82, 2.24) is 0 Å². The Morgan fingerprint density at radius 3 is 2.36 bits per heavy atom. The first kappa shape index (κ1) is 32.9. The van der Waals surface area contributed by atoms with Crippen LogP contribution in [0.5, 0.6) is 17.2 Å². The van der Waals surface area contributed by atoms with Gasteiger partial charge in [0, 0.05) is 41.4 Å². The van der Waals surface area contributed by atoms with E-state index >= 15 is 0 Å². The van der Waals surface area contributed by atoms with Gasteiger partial charge in [-0.3, -0.25) is 19.2 Å². The highest BCUT2D eigenvalue weighted by molar-refractivity contribution is 6.19. The molecule has 3 unspecified atom stereocenters. The van der Waals surface area contributed by atoms with Crippen LogP contribution in [0.15, 0.2) is 46.8 Å². The summed E-state index contributed by atoms with van der Waals surface area (Å²) < 4.78 is 25.5. The lowest BCUT2D eigenvalue weighted by Crippen LogP contribution is -2.72. The normalized spacial score (nSPS) is 31.1. The molecule has 1 saturated carbocycles. The van der Waals surface area contributed by atoms with E-state index in [0.717, 1.165) is 11.1 Å². The van der Waals surface area contributed by atoms with Gasteiger partial charge in [-0.15, -0.1) is 0 Å². The molecule has 250 valence electrons. The van der Waals surface area contributed by atoms with Crippen molar-refractivity contribution in [2.45, 2.75) is 116 Å². The van der Waals surface area contributed by atoms with Crippen molar-refractivity contribution in [3.63, 3.8) is 0 Å². The summed E-state index contributed by atoms with van der Waals surface area (Å²) in [5.74, 6) is -1.36. The molecule has 7 rings (SSSR count). The number of benzene rings is 1. The molecule has 0 amide bonds. The molecule has 1 aromatic rings. The van der Waals surface area contributed by atoms with Gasteiger partial charge in [-0.2, -0.15) is 0 Å². The minimum Gasteiger partial charge on any atom is -0.507 e. The van der Waals surface area contributed by atoms with Gasteiger partial charge in [0.1, 0.15) is 28.6 Å². The summed E-state index contributed by atoms with van der Waals surface area (Å²) in [6.45, 7) is 15.4. The first-order chi connectivity index (χ1) is 22.0. The Morgan fingerprint density at radius 1 is 1.00 bits per heavy atom. The highest BCUT2D eigenvalue weighted by Gasteiger charge is 2.81. The summed E-state index contributed by atoms with van der Waals surface area (Å²) in [4.78, 5) is 53.8. The zero-order valence-electron chi connectivity index (χ0n) is 28.5. The zero-order valence-corrected chi connectivity index (χ0v) is 28.5. The molecule has 47 heavy (non-hydrogen) atoms. The number of ketones is 3. The molecule has 5 atom stereocenters. The molecular weight excluding hydrogens is 600 g/mol. The fourth-order valence-corrected chi connectivity index (χ4v) is 8.40. The summed E-state index contributed by atoms with van der Waals surface area (Å²) in [5, 5.41) is 11.8. The second kappa shape index (κ2) is 11.0. The number of Topliss-reactive ketones (excluding diaryl/α,β-unsaturated/α-hetero) is 3. The molecule has 9 heteroatoms. The predicted octanol–water partition coefficient (Wildman–Crippen LogP) is 6.38. The SMILES string of the molecule is CC(C)=CCC[C@@]1(C)Oc2c(c(O)c3c(c2CC=C(C)C)O[C@]24C(=CC5CC2C(C)(C)OC4(CC=C(C)OC=O)C5=O)C3=O)CC1=O. The Bertz CT molecular complexity index is 1730. The monoisotopic (exact) mass is 644 g/mol. The van der Waals surface area contributed by atoms with Gasteiger partial charge in [0.15, 0.2) is 34.2 Å². The van der Waals surface area contributed by atoms with Crippen LogP contribution in [-0.4, -0.2) is 51.3 Å². The lowest BCUT2D eigenvalue weighted by atomic mass is 9.51. The van der Waals surface area contributed by atoms with Crippen molar-refractivity contribution in [1.29, 1.82) is 0 Å². The van der Waals surface area contributed by atoms with Crippen LogP contribution in [0.25, 0.3) is 0 Å². The van der Waals surface area contributed by atoms with Gasteiger partial charge in [0.05, 0.1) is 5.60 Å². The second-order valence-corrected chi connectivity index (χ2v) is 14.8. The summed E-state index contributed by atoms with van der Waals surface area (Å²) in [7, 11) is 0. The van der Waals surface area contributed by atoms with E-state index in [1.165, 1.54) is 0 Å². The number of phenols is 1. The fourth-order valence-electron chi connectivity index (χ4n) is 8.40. The number of phenolic OH excluding ortho intramolecular Hbond substituents is 1. The molecule has 0 radical (unpaired) electrons. The average Bonchev–Trinajstić information content (AvgIpc) is 3.14. The average molecular weight is 645 g/mol. The molecule has 1 saturated heterocycles. The lowest BCUT2D eigenvalue weighted by molar-refractivity contribution is -0.171. The maximum atomic E-state index is 14.8. The van der Waals surface area contributed by atoms with Crippen LogP contribution in [0.4, 0.5) is 0 Å². The highest BCUT2D eigenvalue weighted by Crippen LogP contribution is 2.68. The van der Waals surface area contributed by atoms with Crippen molar-refractivity contribution >= 4 is 23.8 Å². The maximum Gasteiger partial charge on any atom is 0.298 e. The Hall–Kier alpha value is -3.98. The largest absolute Gasteiger partial charge is 0.507 e. The van der Waals surface area contributed by atoms with Gasteiger partial charge in [-0.1, -0.05) is 29.4 Å². The van der Waals surface area contributed by atoms with Gasteiger partial charge in [-0.05, 0) is 87.1 Å². The Kier molecular flexibility index (Phi) is 7.74. The Morgan fingerprint density at radius 2 is 1.70 bits per heavy atom. The van der Waals surface area contributed by atoms with Gasteiger partial charge in [0.2, 0.25) is 0 Å². The molecular formula is C38H44O9. The van der Waals surface area contributed by atoms with E-state index < -0.39 is 34.1 Å². The molecule has 1 spiro atoms. The number of allylic oxidation sites excluding steroid dienone is 6. The molecule has 1 aromatic carbocycles. The van der Waals surface area contributed by atoms with Gasteiger partial charge in [0.25, 0.3) is 6.47 Å². The van der Waals surface area contributed by atoms with Gasteiger partial charge < -0.3 is 24.1 Å². The smallest absolute Gasteiger partial charge is 0.298 e. The van der Waals surface area contributed by atoms with Crippen molar-refractivity contribution in [3.05, 3.63) is 63.5 Å².